The number of aryl methyl sites for hydroxylation is 1. The van der Waals surface area contributed by atoms with Gasteiger partial charge in [0.15, 0.2) is 5.16 Å². The Bertz CT molecular complexity index is 671. The number of aromatic amines is 1. The Morgan fingerprint density at radius 1 is 1.25 bits per heavy atom. The Kier molecular flexibility index (Phi) is 6.92. The lowest BCUT2D eigenvalue weighted by Crippen LogP contribution is -2.19. The standard InChI is InChI=1S/C15H18F3N3O2S/c16-15(17,18)11-23-9-4-10-24-14-20-19-13(22)21(14)8-7-12-5-2-1-3-6-12/h1-3,5-6H,4,7-11H2,(H,19,22). The minimum atomic E-state index is -4.30. The van der Waals surface area contributed by atoms with Crippen molar-refractivity contribution in [2.75, 3.05) is 19.0 Å². The van der Waals surface area contributed by atoms with Crippen molar-refractivity contribution in [2.24, 2.45) is 0 Å². The molecule has 24 heavy (non-hydrogen) atoms. The van der Waals surface area contributed by atoms with E-state index in [0.717, 1.165) is 5.56 Å². The second kappa shape index (κ2) is 8.93. The molecule has 1 heterocycles. The molecule has 2 rings (SSSR count). The van der Waals surface area contributed by atoms with Crippen LogP contribution in [0.2, 0.25) is 0 Å². The molecule has 0 atom stereocenters. The van der Waals surface area contributed by atoms with E-state index in [1.807, 2.05) is 30.3 Å². The van der Waals surface area contributed by atoms with Crippen molar-refractivity contribution in [3.8, 4) is 0 Å². The number of alkyl halides is 3. The van der Waals surface area contributed by atoms with Crippen LogP contribution in [0.1, 0.15) is 12.0 Å². The topological polar surface area (TPSA) is 59.9 Å². The van der Waals surface area contributed by atoms with E-state index in [2.05, 4.69) is 14.9 Å². The molecule has 0 aliphatic carbocycles. The Morgan fingerprint density at radius 2 is 2.00 bits per heavy atom. The number of nitrogens with one attached hydrogen (secondary N) is 1. The number of benzene rings is 1. The Balaban J connectivity index is 1.76. The Hall–Kier alpha value is -1.74. The summed E-state index contributed by atoms with van der Waals surface area (Å²) in [6.45, 7) is -0.723. The first-order valence-corrected chi connectivity index (χ1v) is 8.41. The van der Waals surface area contributed by atoms with Crippen molar-refractivity contribution in [2.45, 2.75) is 30.7 Å². The van der Waals surface area contributed by atoms with Crippen LogP contribution in [-0.4, -0.2) is 39.9 Å². The van der Waals surface area contributed by atoms with Crippen LogP contribution >= 0.6 is 11.8 Å². The SMILES string of the molecule is O=c1[nH]nc(SCCCOCC(F)(F)F)n1CCc1ccccc1. The number of nitrogens with zero attached hydrogens (tertiary/aromatic N) is 2. The number of hydrogen-bond donors (Lipinski definition) is 1. The highest BCUT2D eigenvalue weighted by Gasteiger charge is 2.27. The first kappa shape index (κ1) is 18.6. The molecule has 0 bridgehead atoms. The van der Waals surface area contributed by atoms with Crippen molar-refractivity contribution in [1.82, 2.24) is 14.8 Å². The van der Waals surface area contributed by atoms with Gasteiger partial charge in [0, 0.05) is 18.9 Å². The maximum Gasteiger partial charge on any atom is 0.411 e. The van der Waals surface area contributed by atoms with Gasteiger partial charge in [-0.1, -0.05) is 42.1 Å². The molecule has 5 nitrogen and oxygen atoms in total. The smallest absolute Gasteiger partial charge is 0.372 e. The van der Waals surface area contributed by atoms with Gasteiger partial charge in [-0.15, -0.1) is 5.10 Å². The van der Waals surface area contributed by atoms with Gasteiger partial charge in [-0.3, -0.25) is 4.57 Å². The molecule has 132 valence electrons. The summed E-state index contributed by atoms with van der Waals surface area (Å²) in [5.74, 6) is 0.521. The summed E-state index contributed by atoms with van der Waals surface area (Å²) in [6, 6.07) is 9.76. The minimum Gasteiger partial charge on any atom is -0.372 e. The van der Waals surface area contributed by atoms with Crippen molar-refractivity contribution in [1.29, 1.82) is 0 Å². The molecule has 0 spiro atoms. The van der Waals surface area contributed by atoms with Gasteiger partial charge in [-0.25, -0.2) is 9.89 Å². The molecule has 0 amide bonds. The lowest BCUT2D eigenvalue weighted by Gasteiger charge is -2.08. The van der Waals surface area contributed by atoms with Gasteiger partial charge in [0.05, 0.1) is 0 Å². The third-order valence-electron chi connectivity index (χ3n) is 3.12. The number of halogens is 3. The zero-order valence-corrected chi connectivity index (χ0v) is 13.7. The number of thioether (sulfide) groups is 1. The highest BCUT2D eigenvalue weighted by molar-refractivity contribution is 7.99. The molecule has 1 aromatic heterocycles. The fraction of sp³-hybridized carbons (Fsp3) is 0.467. The normalized spacial score (nSPS) is 11.8. The molecule has 1 N–H and O–H groups in total. The monoisotopic (exact) mass is 361 g/mol. The molecule has 0 aliphatic rings. The molecular formula is C15H18F3N3O2S. The van der Waals surface area contributed by atoms with Crippen molar-refractivity contribution in [3.05, 3.63) is 46.4 Å². The lowest BCUT2D eigenvalue weighted by atomic mass is 10.1. The van der Waals surface area contributed by atoms with E-state index in [9.17, 15) is 18.0 Å². The highest BCUT2D eigenvalue weighted by Crippen LogP contribution is 2.17. The van der Waals surface area contributed by atoms with Crippen molar-refractivity contribution in [3.63, 3.8) is 0 Å². The van der Waals surface area contributed by atoms with Gasteiger partial charge in [-0.2, -0.15) is 13.2 Å². The molecule has 0 aliphatic heterocycles. The van der Waals surface area contributed by atoms with Crippen LogP contribution < -0.4 is 5.69 Å². The molecule has 2 aromatic rings. The number of rotatable bonds is 9. The van der Waals surface area contributed by atoms with Crippen molar-refractivity contribution >= 4 is 11.8 Å². The summed E-state index contributed by atoms with van der Waals surface area (Å²) in [6.07, 6.45) is -3.16. The van der Waals surface area contributed by atoms with Gasteiger partial charge in [0.1, 0.15) is 6.61 Å². The first-order chi connectivity index (χ1) is 11.5. The first-order valence-electron chi connectivity index (χ1n) is 7.42. The molecule has 0 saturated carbocycles. The Labute approximate surface area is 141 Å². The fourth-order valence-electron chi connectivity index (χ4n) is 2.01. The summed E-state index contributed by atoms with van der Waals surface area (Å²) in [5, 5.41) is 6.89. The van der Waals surface area contributed by atoms with E-state index < -0.39 is 12.8 Å². The van der Waals surface area contributed by atoms with E-state index >= 15 is 0 Å². The van der Waals surface area contributed by atoms with Crippen LogP contribution in [0.15, 0.2) is 40.3 Å². The van der Waals surface area contributed by atoms with Crippen LogP contribution in [0.5, 0.6) is 0 Å². The number of H-pyrrole nitrogens is 1. The van der Waals surface area contributed by atoms with Crippen LogP contribution in [0.25, 0.3) is 0 Å². The highest BCUT2D eigenvalue weighted by atomic mass is 32.2. The summed E-state index contributed by atoms with van der Waals surface area (Å²) in [5.41, 5.74) is 0.823. The third-order valence-corrected chi connectivity index (χ3v) is 4.18. The summed E-state index contributed by atoms with van der Waals surface area (Å²) < 4.78 is 41.9. The van der Waals surface area contributed by atoms with E-state index in [1.54, 1.807) is 0 Å². The van der Waals surface area contributed by atoms with E-state index in [4.69, 9.17) is 0 Å². The van der Waals surface area contributed by atoms with Gasteiger partial charge < -0.3 is 4.74 Å². The molecule has 0 fully saturated rings. The largest absolute Gasteiger partial charge is 0.411 e. The third kappa shape index (κ3) is 6.40. The van der Waals surface area contributed by atoms with Gasteiger partial charge in [0.2, 0.25) is 0 Å². The lowest BCUT2D eigenvalue weighted by molar-refractivity contribution is -0.173. The molecular weight excluding hydrogens is 343 g/mol. The van der Waals surface area contributed by atoms with E-state index in [0.29, 0.717) is 30.3 Å². The van der Waals surface area contributed by atoms with Crippen LogP contribution in [0, 0.1) is 0 Å². The molecule has 0 saturated heterocycles. The number of aromatic nitrogens is 3. The molecule has 9 heteroatoms. The second-order valence-electron chi connectivity index (χ2n) is 5.07. The van der Waals surface area contributed by atoms with Gasteiger partial charge in [-0.05, 0) is 18.4 Å². The molecule has 1 aromatic carbocycles. The van der Waals surface area contributed by atoms with Crippen LogP contribution in [0.3, 0.4) is 0 Å². The van der Waals surface area contributed by atoms with Gasteiger partial charge in [0.25, 0.3) is 0 Å². The van der Waals surface area contributed by atoms with E-state index in [-0.39, 0.29) is 12.3 Å². The van der Waals surface area contributed by atoms with Crippen LogP contribution in [-0.2, 0) is 17.7 Å². The van der Waals surface area contributed by atoms with Crippen molar-refractivity contribution < 1.29 is 17.9 Å². The number of hydrogen-bond acceptors (Lipinski definition) is 4. The summed E-state index contributed by atoms with van der Waals surface area (Å²) >= 11 is 1.32. The maximum atomic E-state index is 11.9. The van der Waals surface area contributed by atoms with E-state index in [1.165, 1.54) is 16.3 Å². The van der Waals surface area contributed by atoms with Gasteiger partial charge >= 0.3 is 11.9 Å². The second-order valence-corrected chi connectivity index (χ2v) is 6.13. The molecule has 0 unspecified atom stereocenters. The molecule has 0 radical (unpaired) electrons. The Morgan fingerprint density at radius 3 is 2.71 bits per heavy atom. The summed E-state index contributed by atoms with van der Waals surface area (Å²) in [7, 11) is 0. The quantitative estimate of drug-likeness (QED) is 0.551. The van der Waals surface area contributed by atoms with Crippen LogP contribution in [0.4, 0.5) is 13.2 Å². The summed E-state index contributed by atoms with van der Waals surface area (Å²) in [4.78, 5) is 11.8. The average molecular weight is 361 g/mol. The predicted octanol–water partition coefficient (Wildman–Crippen LogP) is 2.88. The average Bonchev–Trinajstić information content (AvgIpc) is 2.89. The fourth-order valence-corrected chi connectivity index (χ4v) is 2.89. The minimum absolute atomic E-state index is 0.0190. The number of ether oxygens (including phenoxy) is 1. The zero-order chi connectivity index (χ0) is 17.4. The maximum absolute atomic E-state index is 11.9. The zero-order valence-electron chi connectivity index (χ0n) is 12.9. The predicted molar refractivity (Wildman–Crippen MR) is 85.2 cm³/mol.